The quantitative estimate of drug-likeness (QED) is 0.638. The van der Waals surface area contributed by atoms with Gasteiger partial charge in [-0.1, -0.05) is 18.2 Å². The van der Waals surface area contributed by atoms with Gasteiger partial charge in [0.1, 0.15) is 18.9 Å². The van der Waals surface area contributed by atoms with Crippen LogP contribution in [0.25, 0.3) is 0 Å². The van der Waals surface area contributed by atoms with Crippen molar-refractivity contribution in [2.45, 2.75) is 6.92 Å². The fourth-order valence-electron chi connectivity index (χ4n) is 1.24. The number of phosphoric ester groups is 1. The van der Waals surface area contributed by atoms with Gasteiger partial charge in [0.15, 0.2) is 0 Å². The molecular formula is C12H21NO4P+. The van der Waals surface area contributed by atoms with Crippen molar-refractivity contribution in [2.24, 2.45) is 0 Å². The van der Waals surface area contributed by atoms with Crippen molar-refractivity contribution in [1.82, 2.24) is 0 Å². The molecule has 0 heterocycles. The first kappa shape index (κ1) is 15.2. The second-order valence-electron chi connectivity index (χ2n) is 5.17. The molecule has 0 aromatic heterocycles. The third-order valence-corrected chi connectivity index (χ3v) is 3.26. The van der Waals surface area contributed by atoms with Crippen molar-refractivity contribution in [3.05, 3.63) is 29.8 Å². The van der Waals surface area contributed by atoms with E-state index in [1.165, 1.54) is 0 Å². The van der Waals surface area contributed by atoms with E-state index in [2.05, 4.69) is 0 Å². The van der Waals surface area contributed by atoms with Crippen molar-refractivity contribution in [2.75, 3.05) is 34.3 Å². The van der Waals surface area contributed by atoms with E-state index in [-0.39, 0.29) is 6.61 Å². The molecule has 0 saturated heterocycles. The Morgan fingerprint density at radius 1 is 1.28 bits per heavy atom. The van der Waals surface area contributed by atoms with Crippen molar-refractivity contribution >= 4 is 7.82 Å². The minimum absolute atomic E-state index is 0.170. The van der Waals surface area contributed by atoms with Crippen molar-refractivity contribution in [3.8, 4) is 5.75 Å². The zero-order chi connectivity index (χ0) is 13.8. The molecule has 5 nitrogen and oxygen atoms in total. The molecular weight excluding hydrogens is 253 g/mol. The maximum Gasteiger partial charge on any atom is 0.527 e. The predicted molar refractivity (Wildman–Crippen MR) is 70.5 cm³/mol. The largest absolute Gasteiger partial charge is 0.527 e. The Labute approximate surface area is 108 Å². The summed E-state index contributed by atoms with van der Waals surface area (Å²) in [5.41, 5.74) is 0.793. The maximum absolute atomic E-state index is 11.7. The van der Waals surface area contributed by atoms with Crippen molar-refractivity contribution in [3.63, 3.8) is 0 Å². The van der Waals surface area contributed by atoms with Crippen LogP contribution in [0, 0.1) is 6.92 Å². The summed E-state index contributed by atoms with van der Waals surface area (Å²) in [5, 5.41) is 0. The summed E-state index contributed by atoms with van der Waals surface area (Å²) in [6, 6.07) is 7.03. The highest BCUT2D eigenvalue weighted by molar-refractivity contribution is 7.47. The molecule has 0 saturated carbocycles. The van der Waals surface area contributed by atoms with Crippen LogP contribution in [-0.2, 0) is 9.09 Å². The molecule has 0 aliphatic carbocycles. The molecule has 0 fully saturated rings. The first-order chi connectivity index (χ1) is 8.20. The van der Waals surface area contributed by atoms with Gasteiger partial charge in [-0.05, 0) is 18.6 Å². The molecule has 1 aromatic carbocycles. The first-order valence-corrected chi connectivity index (χ1v) is 7.22. The van der Waals surface area contributed by atoms with Crippen LogP contribution in [0.4, 0.5) is 0 Å². The molecule has 0 aliphatic heterocycles. The number of likely N-dealkylation sites (N-methyl/N-ethyl adjacent to an activating group) is 1. The van der Waals surface area contributed by atoms with Gasteiger partial charge in [-0.15, -0.1) is 0 Å². The van der Waals surface area contributed by atoms with Crippen LogP contribution in [0.1, 0.15) is 5.56 Å². The van der Waals surface area contributed by atoms with E-state index in [4.69, 9.17) is 9.05 Å². The second kappa shape index (κ2) is 5.85. The minimum atomic E-state index is -4.04. The SMILES string of the molecule is Cc1ccccc1OP(=O)(O)OCC[N+](C)(C)C. The summed E-state index contributed by atoms with van der Waals surface area (Å²) in [4.78, 5) is 9.59. The highest BCUT2D eigenvalue weighted by Crippen LogP contribution is 2.44. The summed E-state index contributed by atoms with van der Waals surface area (Å²) in [6.07, 6.45) is 0. The highest BCUT2D eigenvalue weighted by Gasteiger charge is 2.24. The summed E-state index contributed by atoms with van der Waals surface area (Å²) in [7, 11) is 1.90. The summed E-state index contributed by atoms with van der Waals surface area (Å²) < 4.78 is 22.3. The van der Waals surface area contributed by atoms with E-state index < -0.39 is 7.82 Å². The molecule has 1 rings (SSSR count). The number of rotatable bonds is 6. The first-order valence-electron chi connectivity index (χ1n) is 5.73. The highest BCUT2D eigenvalue weighted by atomic mass is 31.2. The monoisotopic (exact) mass is 274 g/mol. The zero-order valence-corrected chi connectivity index (χ0v) is 12.2. The summed E-state index contributed by atoms with van der Waals surface area (Å²) in [6.45, 7) is 2.60. The Morgan fingerprint density at radius 3 is 2.44 bits per heavy atom. The Hall–Kier alpha value is -0.870. The van der Waals surface area contributed by atoms with E-state index in [0.29, 0.717) is 16.8 Å². The van der Waals surface area contributed by atoms with Crippen molar-refractivity contribution < 1.29 is 23.0 Å². The van der Waals surface area contributed by atoms with Gasteiger partial charge in [0, 0.05) is 0 Å². The van der Waals surface area contributed by atoms with Gasteiger partial charge in [-0.2, -0.15) is 0 Å². The lowest BCUT2D eigenvalue weighted by atomic mass is 10.2. The standard InChI is InChI=1S/C12H20NO4P/c1-11-7-5-6-8-12(11)17-18(14,15)16-10-9-13(2,3)4/h5-8H,9-10H2,1-4H3/p+1. The molecule has 0 bridgehead atoms. The maximum atomic E-state index is 11.7. The summed E-state index contributed by atoms with van der Waals surface area (Å²) >= 11 is 0. The molecule has 1 unspecified atom stereocenters. The van der Waals surface area contributed by atoms with Gasteiger partial charge in [0.05, 0.1) is 21.1 Å². The number of quaternary nitrogens is 1. The van der Waals surface area contributed by atoms with Crippen molar-refractivity contribution in [1.29, 1.82) is 0 Å². The Morgan fingerprint density at radius 2 is 1.89 bits per heavy atom. The lowest BCUT2D eigenvalue weighted by molar-refractivity contribution is -0.870. The van der Waals surface area contributed by atoms with Crippen LogP contribution < -0.4 is 4.52 Å². The average Bonchev–Trinajstić information content (AvgIpc) is 2.18. The van der Waals surface area contributed by atoms with E-state index >= 15 is 0 Å². The fourth-order valence-corrected chi connectivity index (χ4v) is 2.06. The normalized spacial score (nSPS) is 15.2. The predicted octanol–water partition coefficient (Wildman–Crippen LogP) is 2.20. The number of hydrogen-bond acceptors (Lipinski definition) is 3. The molecule has 0 aliphatic rings. The van der Waals surface area contributed by atoms with Crippen LogP contribution in [-0.4, -0.2) is 43.7 Å². The van der Waals surface area contributed by atoms with Crippen LogP contribution >= 0.6 is 7.82 Å². The molecule has 1 aromatic rings. The molecule has 1 atom stereocenters. The van der Waals surface area contributed by atoms with Crippen LogP contribution in [0.15, 0.2) is 24.3 Å². The van der Waals surface area contributed by atoms with Gasteiger partial charge >= 0.3 is 7.82 Å². The van der Waals surface area contributed by atoms with Gasteiger partial charge in [-0.3, -0.25) is 9.42 Å². The molecule has 0 spiro atoms. The van der Waals surface area contributed by atoms with E-state index in [0.717, 1.165) is 5.56 Å². The Bertz CT molecular complexity index is 442. The zero-order valence-electron chi connectivity index (χ0n) is 11.3. The number of nitrogens with zero attached hydrogens (tertiary/aromatic N) is 1. The Kier molecular flexibility index (Phi) is 4.93. The van der Waals surface area contributed by atoms with Crippen LogP contribution in [0.3, 0.4) is 0 Å². The second-order valence-corrected chi connectivity index (χ2v) is 6.55. The van der Waals surface area contributed by atoms with Gasteiger partial charge in [-0.25, -0.2) is 4.57 Å². The molecule has 1 N–H and O–H groups in total. The van der Waals surface area contributed by atoms with E-state index in [1.54, 1.807) is 25.1 Å². The molecule has 102 valence electrons. The van der Waals surface area contributed by atoms with E-state index in [1.807, 2.05) is 27.2 Å². The topological polar surface area (TPSA) is 55.8 Å². The number of para-hydroxylation sites is 1. The number of hydrogen-bond donors (Lipinski definition) is 1. The lowest BCUT2D eigenvalue weighted by Gasteiger charge is -2.24. The minimum Gasteiger partial charge on any atom is -0.404 e. The van der Waals surface area contributed by atoms with Crippen LogP contribution in [0.5, 0.6) is 5.75 Å². The van der Waals surface area contributed by atoms with E-state index in [9.17, 15) is 9.46 Å². The summed E-state index contributed by atoms with van der Waals surface area (Å²) in [5.74, 6) is 0.369. The molecule has 0 radical (unpaired) electrons. The van der Waals surface area contributed by atoms with Gasteiger partial charge < -0.3 is 9.01 Å². The number of benzene rings is 1. The number of aryl methyl sites for hydroxylation is 1. The smallest absolute Gasteiger partial charge is 0.404 e. The average molecular weight is 274 g/mol. The lowest BCUT2D eigenvalue weighted by Crippen LogP contribution is -2.37. The fraction of sp³-hybridized carbons (Fsp3) is 0.500. The third kappa shape index (κ3) is 5.65. The molecule has 0 amide bonds. The molecule has 6 heteroatoms. The molecule has 18 heavy (non-hydrogen) atoms. The third-order valence-electron chi connectivity index (χ3n) is 2.32. The van der Waals surface area contributed by atoms with Crippen LogP contribution in [0.2, 0.25) is 0 Å². The van der Waals surface area contributed by atoms with Gasteiger partial charge in [0.25, 0.3) is 0 Å². The van der Waals surface area contributed by atoms with Gasteiger partial charge in [0.2, 0.25) is 0 Å². The Balaban J connectivity index is 2.55. The number of phosphoric acid groups is 1.